The number of anilines is 1. The van der Waals surface area contributed by atoms with Gasteiger partial charge in [-0.05, 0) is 40.0 Å². The van der Waals surface area contributed by atoms with Gasteiger partial charge in [-0.2, -0.15) is 4.31 Å². The molecular formula is C13H20BrN3O3S. The molecule has 0 fully saturated rings. The van der Waals surface area contributed by atoms with E-state index in [0.29, 0.717) is 22.6 Å². The summed E-state index contributed by atoms with van der Waals surface area (Å²) < 4.78 is 26.2. The maximum absolute atomic E-state index is 12.4. The van der Waals surface area contributed by atoms with E-state index in [2.05, 4.69) is 21.2 Å². The number of nitrogen functional groups attached to an aromatic ring is 1. The number of carbonyl (C=O) groups is 1. The van der Waals surface area contributed by atoms with Gasteiger partial charge in [-0.15, -0.1) is 0 Å². The molecule has 1 aromatic carbocycles. The van der Waals surface area contributed by atoms with Crippen LogP contribution in [-0.4, -0.2) is 38.8 Å². The lowest BCUT2D eigenvalue weighted by molar-refractivity contribution is -0.121. The van der Waals surface area contributed by atoms with Crippen molar-refractivity contribution in [1.82, 2.24) is 9.62 Å². The van der Waals surface area contributed by atoms with Gasteiger partial charge in [0, 0.05) is 23.8 Å². The van der Waals surface area contributed by atoms with Crippen LogP contribution in [0.5, 0.6) is 0 Å². The smallest absolute Gasteiger partial charge is 0.243 e. The number of hydrogen-bond acceptors (Lipinski definition) is 4. The Balaban J connectivity index is 2.82. The summed E-state index contributed by atoms with van der Waals surface area (Å²) in [5, 5.41) is 2.68. The van der Waals surface area contributed by atoms with Crippen LogP contribution < -0.4 is 11.1 Å². The zero-order valence-electron chi connectivity index (χ0n) is 12.3. The van der Waals surface area contributed by atoms with E-state index >= 15 is 0 Å². The van der Waals surface area contributed by atoms with E-state index in [9.17, 15) is 13.2 Å². The van der Waals surface area contributed by atoms with E-state index in [1.54, 1.807) is 0 Å². The van der Waals surface area contributed by atoms with E-state index in [0.717, 1.165) is 4.31 Å². The van der Waals surface area contributed by atoms with Crippen LogP contribution in [0.25, 0.3) is 0 Å². The molecule has 0 bridgehead atoms. The highest BCUT2D eigenvalue weighted by molar-refractivity contribution is 9.10. The first-order valence-corrected chi connectivity index (χ1v) is 8.66. The summed E-state index contributed by atoms with van der Waals surface area (Å²) in [6.07, 6.45) is 0. The normalized spacial score (nSPS) is 11.9. The first kappa shape index (κ1) is 17.9. The maximum Gasteiger partial charge on any atom is 0.243 e. The number of halogens is 1. The molecule has 0 saturated carbocycles. The minimum Gasteiger partial charge on any atom is -0.398 e. The van der Waals surface area contributed by atoms with Crippen molar-refractivity contribution in [1.29, 1.82) is 0 Å². The predicted octanol–water partition coefficient (Wildman–Crippen LogP) is 1.42. The predicted molar refractivity (Wildman–Crippen MR) is 86.2 cm³/mol. The Bertz CT molecular complexity index is 617. The van der Waals surface area contributed by atoms with Crippen molar-refractivity contribution in [2.24, 2.45) is 5.92 Å². The van der Waals surface area contributed by atoms with Crippen LogP contribution >= 0.6 is 15.9 Å². The van der Waals surface area contributed by atoms with Crippen LogP contribution in [0.15, 0.2) is 27.6 Å². The molecule has 3 N–H and O–H groups in total. The van der Waals surface area contributed by atoms with Gasteiger partial charge in [0.2, 0.25) is 15.9 Å². The molecule has 6 nitrogen and oxygen atoms in total. The number of nitrogens with two attached hydrogens (primary N) is 1. The fraction of sp³-hybridized carbons (Fsp3) is 0.462. The average Bonchev–Trinajstić information content (AvgIpc) is 2.39. The van der Waals surface area contributed by atoms with Gasteiger partial charge >= 0.3 is 0 Å². The summed E-state index contributed by atoms with van der Waals surface area (Å²) >= 11 is 3.19. The third kappa shape index (κ3) is 4.98. The molecule has 1 aromatic rings. The molecule has 0 heterocycles. The van der Waals surface area contributed by atoms with Gasteiger partial charge in [-0.3, -0.25) is 4.79 Å². The number of benzene rings is 1. The van der Waals surface area contributed by atoms with E-state index in [4.69, 9.17) is 5.73 Å². The maximum atomic E-state index is 12.4. The van der Waals surface area contributed by atoms with Crippen LogP contribution in [0.3, 0.4) is 0 Å². The number of likely N-dealkylation sites (N-methyl/N-ethyl adjacent to an activating group) is 1. The first-order valence-electron chi connectivity index (χ1n) is 6.42. The molecule has 1 rings (SSSR count). The topological polar surface area (TPSA) is 92.5 Å². The number of nitrogens with zero attached hydrogens (tertiary/aromatic N) is 1. The standard InChI is InChI=1S/C13H20BrN3O3S/c1-9(2)7-16-13(18)8-17(3)21(19,20)10-4-5-12(15)11(14)6-10/h4-6,9H,7-8,15H2,1-3H3,(H,16,18). The van der Waals surface area contributed by atoms with Crippen molar-refractivity contribution in [3.05, 3.63) is 22.7 Å². The van der Waals surface area contributed by atoms with Crippen LogP contribution in [0.4, 0.5) is 5.69 Å². The van der Waals surface area contributed by atoms with Gasteiger partial charge in [0.05, 0.1) is 11.4 Å². The summed E-state index contributed by atoms with van der Waals surface area (Å²) in [6.45, 7) is 4.22. The lowest BCUT2D eigenvalue weighted by Crippen LogP contribution is -2.39. The minimum absolute atomic E-state index is 0.0859. The molecule has 0 aliphatic rings. The van der Waals surface area contributed by atoms with Gasteiger partial charge in [0.25, 0.3) is 0 Å². The molecule has 0 spiro atoms. The van der Waals surface area contributed by atoms with Gasteiger partial charge in [-0.25, -0.2) is 8.42 Å². The van der Waals surface area contributed by atoms with E-state index in [-0.39, 0.29) is 17.3 Å². The number of amides is 1. The zero-order chi connectivity index (χ0) is 16.2. The van der Waals surface area contributed by atoms with Crippen molar-refractivity contribution in [2.75, 3.05) is 25.9 Å². The highest BCUT2D eigenvalue weighted by atomic mass is 79.9. The highest BCUT2D eigenvalue weighted by Gasteiger charge is 2.23. The fourth-order valence-corrected chi connectivity index (χ4v) is 3.19. The van der Waals surface area contributed by atoms with Crippen LogP contribution in [0, 0.1) is 5.92 Å². The molecule has 0 radical (unpaired) electrons. The number of carbonyl (C=O) groups excluding carboxylic acids is 1. The number of rotatable bonds is 6. The van der Waals surface area contributed by atoms with E-state index in [1.165, 1.54) is 25.2 Å². The average molecular weight is 378 g/mol. The zero-order valence-corrected chi connectivity index (χ0v) is 14.7. The molecule has 118 valence electrons. The molecular weight excluding hydrogens is 358 g/mol. The summed E-state index contributed by atoms with van der Waals surface area (Å²) in [7, 11) is -2.36. The second-order valence-corrected chi connectivity index (χ2v) is 8.04. The Morgan fingerprint density at radius 1 is 1.43 bits per heavy atom. The molecule has 0 aromatic heterocycles. The third-order valence-corrected chi connectivity index (χ3v) is 5.24. The van der Waals surface area contributed by atoms with Crippen molar-refractivity contribution in [2.45, 2.75) is 18.7 Å². The summed E-state index contributed by atoms with van der Waals surface area (Å²) in [5.41, 5.74) is 6.09. The van der Waals surface area contributed by atoms with Crippen molar-refractivity contribution >= 4 is 37.5 Å². The Hall–Kier alpha value is -1.12. The second kappa shape index (κ2) is 7.24. The summed E-state index contributed by atoms with van der Waals surface area (Å²) in [5.74, 6) is -0.0202. The van der Waals surface area contributed by atoms with Gasteiger partial charge < -0.3 is 11.1 Å². The SMILES string of the molecule is CC(C)CNC(=O)CN(C)S(=O)(=O)c1ccc(N)c(Br)c1. The molecule has 21 heavy (non-hydrogen) atoms. The van der Waals surface area contributed by atoms with Crippen LogP contribution in [0.2, 0.25) is 0 Å². The molecule has 0 saturated heterocycles. The number of sulfonamides is 1. The van der Waals surface area contributed by atoms with Crippen LogP contribution in [-0.2, 0) is 14.8 Å². The van der Waals surface area contributed by atoms with Crippen molar-refractivity contribution in [3.63, 3.8) is 0 Å². The van der Waals surface area contributed by atoms with Crippen LogP contribution in [0.1, 0.15) is 13.8 Å². The lowest BCUT2D eigenvalue weighted by Gasteiger charge is -2.17. The quantitative estimate of drug-likeness (QED) is 0.733. The molecule has 0 aliphatic heterocycles. The third-order valence-electron chi connectivity index (χ3n) is 2.75. The van der Waals surface area contributed by atoms with Gasteiger partial charge in [-0.1, -0.05) is 13.8 Å². The Labute approximate surface area is 133 Å². The molecule has 0 unspecified atom stereocenters. The van der Waals surface area contributed by atoms with E-state index in [1.807, 2.05) is 13.8 Å². The number of hydrogen-bond donors (Lipinski definition) is 2. The molecule has 8 heteroatoms. The monoisotopic (exact) mass is 377 g/mol. The Morgan fingerprint density at radius 3 is 2.57 bits per heavy atom. The number of nitrogens with one attached hydrogen (secondary N) is 1. The largest absolute Gasteiger partial charge is 0.398 e. The Morgan fingerprint density at radius 2 is 2.05 bits per heavy atom. The lowest BCUT2D eigenvalue weighted by atomic mass is 10.2. The van der Waals surface area contributed by atoms with Gasteiger partial charge in [0.15, 0.2) is 0 Å². The summed E-state index contributed by atoms with van der Waals surface area (Å²) in [4.78, 5) is 11.8. The Kier molecular flexibility index (Phi) is 6.18. The van der Waals surface area contributed by atoms with E-state index < -0.39 is 10.0 Å². The molecule has 0 aliphatic carbocycles. The highest BCUT2D eigenvalue weighted by Crippen LogP contribution is 2.24. The summed E-state index contributed by atoms with van der Waals surface area (Å²) in [6, 6.07) is 4.34. The second-order valence-electron chi connectivity index (χ2n) is 5.14. The fourth-order valence-electron chi connectivity index (χ4n) is 1.51. The first-order chi connectivity index (χ1) is 9.64. The molecule has 1 amide bonds. The van der Waals surface area contributed by atoms with Crippen molar-refractivity contribution < 1.29 is 13.2 Å². The minimum atomic E-state index is -3.72. The van der Waals surface area contributed by atoms with Gasteiger partial charge in [0.1, 0.15) is 0 Å². The van der Waals surface area contributed by atoms with Crippen molar-refractivity contribution in [3.8, 4) is 0 Å². The molecule has 0 atom stereocenters.